The first-order chi connectivity index (χ1) is 9.43. The van der Waals surface area contributed by atoms with Crippen molar-refractivity contribution in [2.75, 3.05) is 13.7 Å². The van der Waals surface area contributed by atoms with E-state index in [9.17, 15) is 14.9 Å². The molecule has 1 atom stereocenters. The van der Waals surface area contributed by atoms with Gasteiger partial charge in [-0.1, -0.05) is 22.0 Å². The van der Waals surface area contributed by atoms with Gasteiger partial charge in [0, 0.05) is 36.4 Å². The monoisotopic (exact) mass is 344 g/mol. The zero-order valence-electron chi connectivity index (χ0n) is 11.4. The Morgan fingerprint density at radius 2 is 2.25 bits per heavy atom. The van der Waals surface area contributed by atoms with Crippen molar-refractivity contribution in [3.63, 3.8) is 0 Å². The molecule has 20 heavy (non-hydrogen) atoms. The molecule has 0 bridgehead atoms. The number of halogens is 1. The van der Waals surface area contributed by atoms with E-state index in [4.69, 9.17) is 4.74 Å². The Labute approximate surface area is 125 Å². The molecule has 0 heterocycles. The van der Waals surface area contributed by atoms with Crippen molar-refractivity contribution in [1.29, 1.82) is 0 Å². The minimum absolute atomic E-state index is 0.00510. The molecule has 0 spiro atoms. The summed E-state index contributed by atoms with van der Waals surface area (Å²) in [5.74, 6) is -0.122. The second-order valence-electron chi connectivity index (χ2n) is 4.46. The molecule has 0 saturated heterocycles. The average Bonchev–Trinajstić information content (AvgIpc) is 2.38. The van der Waals surface area contributed by atoms with E-state index in [0.717, 1.165) is 6.42 Å². The zero-order chi connectivity index (χ0) is 15.1. The third-order valence-electron chi connectivity index (χ3n) is 2.76. The van der Waals surface area contributed by atoms with E-state index in [2.05, 4.69) is 21.2 Å². The fourth-order valence-electron chi connectivity index (χ4n) is 1.66. The van der Waals surface area contributed by atoms with Crippen LogP contribution in [0.15, 0.2) is 22.7 Å². The summed E-state index contributed by atoms with van der Waals surface area (Å²) in [6.07, 6.45) is 0.916. The lowest BCUT2D eigenvalue weighted by molar-refractivity contribution is -0.384. The number of benzene rings is 1. The van der Waals surface area contributed by atoms with Crippen LogP contribution in [0.5, 0.6) is 0 Å². The highest BCUT2D eigenvalue weighted by Crippen LogP contribution is 2.23. The summed E-state index contributed by atoms with van der Waals surface area (Å²) in [5, 5.41) is 13.5. The predicted molar refractivity (Wildman–Crippen MR) is 78.6 cm³/mol. The maximum absolute atomic E-state index is 11.9. The van der Waals surface area contributed by atoms with E-state index in [1.54, 1.807) is 13.2 Å². The minimum Gasteiger partial charge on any atom is -0.385 e. The topological polar surface area (TPSA) is 81.5 Å². The third-order valence-corrected chi connectivity index (χ3v) is 3.50. The number of nitro benzene ring substituents is 1. The number of carbonyl (C=O) groups is 1. The highest BCUT2D eigenvalue weighted by Gasteiger charge is 2.13. The van der Waals surface area contributed by atoms with Crippen molar-refractivity contribution in [2.45, 2.75) is 25.8 Å². The van der Waals surface area contributed by atoms with Crippen molar-refractivity contribution in [3.05, 3.63) is 38.3 Å². The van der Waals surface area contributed by atoms with Crippen LogP contribution in [0.1, 0.15) is 18.9 Å². The summed E-state index contributed by atoms with van der Waals surface area (Å²) < 4.78 is 5.51. The van der Waals surface area contributed by atoms with E-state index in [-0.39, 0.29) is 24.1 Å². The molecule has 0 unspecified atom stereocenters. The largest absolute Gasteiger partial charge is 0.385 e. The van der Waals surface area contributed by atoms with Crippen molar-refractivity contribution in [3.8, 4) is 0 Å². The van der Waals surface area contributed by atoms with E-state index in [0.29, 0.717) is 16.6 Å². The SMILES string of the molecule is COCC[C@H](C)NC(=O)Cc1ccc([N+](=O)[O-])cc1Br. The minimum atomic E-state index is -0.471. The molecule has 0 aliphatic carbocycles. The number of hydrogen-bond acceptors (Lipinski definition) is 4. The van der Waals surface area contributed by atoms with Gasteiger partial charge < -0.3 is 10.1 Å². The van der Waals surface area contributed by atoms with E-state index < -0.39 is 4.92 Å². The van der Waals surface area contributed by atoms with Crippen LogP contribution in [-0.2, 0) is 16.0 Å². The molecule has 6 nitrogen and oxygen atoms in total. The summed E-state index contributed by atoms with van der Waals surface area (Å²) in [6.45, 7) is 2.49. The number of ether oxygens (including phenoxy) is 1. The first-order valence-electron chi connectivity index (χ1n) is 6.15. The lowest BCUT2D eigenvalue weighted by atomic mass is 10.1. The number of nitro groups is 1. The average molecular weight is 345 g/mol. The summed E-state index contributed by atoms with van der Waals surface area (Å²) in [6, 6.07) is 4.40. The maximum Gasteiger partial charge on any atom is 0.270 e. The molecule has 1 aromatic rings. The maximum atomic E-state index is 11.9. The normalized spacial score (nSPS) is 11.9. The molecule has 7 heteroatoms. The van der Waals surface area contributed by atoms with Gasteiger partial charge in [0.25, 0.3) is 5.69 Å². The smallest absolute Gasteiger partial charge is 0.270 e. The lowest BCUT2D eigenvalue weighted by Crippen LogP contribution is -2.34. The first kappa shape index (κ1) is 16.6. The number of amides is 1. The molecule has 0 fully saturated rings. The van der Waals surface area contributed by atoms with Crippen LogP contribution in [0.25, 0.3) is 0 Å². The number of methoxy groups -OCH3 is 1. The van der Waals surface area contributed by atoms with Crippen molar-refractivity contribution in [1.82, 2.24) is 5.32 Å². The summed E-state index contributed by atoms with van der Waals surface area (Å²) in [4.78, 5) is 22.0. The van der Waals surface area contributed by atoms with Gasteiger partial charge in [-0.25, -0.2) is 0 Å². The molecule has 0 aromatic heterocycles. The van der Waals surface area contributed by atoms with Gasteiger partial charge in [-0.3, -0.25) is 14.9 Å². The molecule has 0 saturated carbocycles. The van der Waals surface area contributed by atoms with E-state index >= 15 is 0 Å². The summed E-state index contributed by atoms with van der Waals surface area (Å²) >= 11 is 3.25. The standard InChI is InChI=1S/C13H17BrN2O4/c1-9(5-6-20-2)15-13(17)7-10-3-4-11(16(18)19)8-12(10)14/h3-4,8-9H,5-7H2,1-2H3,(H,15,17)/t9-/m0/s1. The number of rotatable bonds is 7. The van der Waals surface area contributed by atoms with Gasteiger partial charge in [0.15, 0.2) is 0 Å². The quantitative estimate of drug-likeness (QED) is 0.608. The third kappa shape index (κ3) is 5.26. The molecule has 0 aliphatic heterocycles. The van der Waals surface area contributed by atoms with Gasteiger partial charge >= 0.3 is 0 Å². The Morgan fingerprint density at radius 3 is 2.80 bits per heavy atom. The second kappa shape index (κ2) is 7.96. The van der Waals surface area contributed by atoms with Crippen LogP contribution in [0.2, 0.25) is 0 Å². The van der Waals surface area contributed by atoms with Crippen LogP contribution in [-0.4, -0.2) is 30.6 Å². The van der Waals surface area contributed by atoms with Gasteiger partial charge in [0.2, 0.25) is 5.91 Å². The van der Waals surface area contributed by atoms with Crippen LogP contribution in [0.3, 0.4) is 0 Å². The Hall–Kier alpha value is -1.47. The van der Waals surface area contributed by atoms with Gasteiger partial charge in [0.1, 0.15) is 0 Å². The van der Waals surface area contributed by atoms with Crippen LogP contribution in [0.4, 0.5) is 5.69 Å². The lowest BCUT2D eigenvalue weighted by Gasteiger charge is -2.13. The molecule has 1 rings (SSSR count). The Kier molecular flexibility index (Phi) is 6.60. The fourth-order valence-corrected chi connectivity index (χ4v) is 2.17. The predicted octanol–water partition coefficient (Wildman–Crippen LogP) is 2.44. The second-order valence-corrected chi connectivity index (χ2v) is 5.31. The highest BCUT2D eigenvalue weighted by atomic mass is 79.9. The Bertz CT molecular complexity index is 493. The van der Waals surface area contributed by atoms with Crippen LogP contribution in [0, 0.1) is 10.1 Å². The highest BCUT2D eigenvalue weighted by molar-refractivity contribution is 9.10. The molecule has 1 amide bonds. The number of nitrogens with one attached hydrogen (secondary N) is 1. The first-order valence-corrected chi connectivity index (χ1v) is 6.94. The fraction of sp³-hybridized carbons (Fsp3) is 0.462. The van der Waals surface area contributed by atoms with Gasteiger partial charge in [0.05, 0.1) is 11.3 Å². The number of carbonyl (C=O) groups excluding carboxylic acids is 1. The molecular weight excluding hydrogens is 328 g/mol. The van der Waals surface area contributed by atoms with E-state index in [1.165, 1.54) is 12.1 Å². The molecule has 0 aliphatic rings. The number of non-ortho nitro benzene ring substituents is 1. The van der Waals surface area contributed by atoms with Gasteiger partial charge in [-0.15, -0.1) is 0 Å². The van der Waals surface area contributed by atoms with Crippen LogP contribution >= 0.6 is 15.9 Å². The van der Waals surface area contributed by atoms with Crippen molar-refractivity contribution in [2.24, 2.45) is 0 Å². The van der Waals surface area contributed by atoms with Crippen molar-refractivity contribution < 1.29 is 14.5 Å². The zero-order valence-corrected chi connectivity index (χ0v) is 13.0. The molecule has 1 aromatic carbocycles. The molecular formula is C13H17BrN2O4. The van der Waals surface area contributed by atoms with Gasteiger partial charge in [-0.2, -0.15) is 0 Å². The van der Waals surface area contributed by atoms with Crippen molar-refractivity contribution >= 4 is 27.5 Å². The van der Waals surface area contributed by atoms with Crippen LogP contribution < -0.4 is 5.32 Å². The summed E-state index contributed by atoms with van der Waals surface area (Å²) in [7, 11) is 1.61. The number of hydrogen-bond donors (Lipinski definition) is 1. The summed E-state index contributed by atoms with van der Waals surface area (Å²) in [5.41, 5.74) is 0.710. The molecule has 1 N–H and O–H groups in total. The number of nitrogens with zero attached hydrogens (tertiary/aromatic N) is 1. The molecule has 110 valence electrons. The Balaban J connectivity index is 2.60. The van der Waals surface area contributed by atoms with Gasteiger partial charge in [-0.05, 0) is 18.9 Å². The van der Waals surface area contributed by atoms with E-state index in [1.807, 2.05) is 6.92 Å². The Morgan fingerprint density at radius 1 is 1.55 bits per heavy atom. The molecule has 0 radical (unpaired) electrons.